The van der Waals surface area contributed by atoms with Crippen LogP contribution >= 0.6 is 11.6 Å². The number of nitrogens with zero attached hydrogens (tertiary/aromatic N) is 2. The van der Waals surface area contributed by atoms with E-state index in [0.29, 0.717) is 18.8 Å². The van der Waals surface area contributed by atoms with Crippen molar-refractivity contribution in [1.82, 2.24) is 4.31 Å². The van der Waals surface area contributed by atoms with E-state index in [1.165, 1.54) is 34.3 Å². The molecule has 0 bridgehead atoms. The van der Waals surface area contributed by atoms with Gasteiger partial charge in [0.1, 0.15) is 0 Å². The van der Waals surface area contributed by atoms with Gasteiger partial charge in [0, 0.05) is 25.8 Å². The third kappa shape index (κ3) is 5.19. The molecule has 2 aromatic carbocycles. The Balaban J connectivity index is 2.23. The predicted molar refractivity (Wildman–Crippen MR) is 116 cm³/mol. The molecular formula is C21H25ClN2O5S. The summed E-state index contributed by atoms with van der Waals surface area (Å²) in [6, 6.07) is 12.8. The van der Waals surface area contributed by atoms with Crippen molar-refractivity contribution in [2.75, 3.05) is 25.0 Å². The molecule has 0 aliphatic rings. The van der Waals surface area contributed by atoms with Gasteiger partial charge in [0.15, 0.2) is 6.10 Å². The molecule has 7 nitrogen and oxygen atoms in total. The van der Waals surface area contributed by atoms with E-state index >= 15 is 0 Å². The fraction of sp³-hybridized carbons (Fsp3) is 0.333. The molecule has 0 aliphatic carbocycles. The van der Waals surface area contributed by atoms with Crippen LogP contribution in [0.2, 0.25) is 5.02 Å². The molecule has 0 spiro atoms. The summed E-state index contributed by atoms with van der Waals surface area (Å²) in [6.07, 6.45) is -1.10. The molecule has 9 heteroatoms. The summed E-state index contributed by atoms with van der Waals surface area (Å²) in [4.78, 5) is 26.6. The molecule has 0 heterocycles. The van der Waals surface area contributed by atoms with E-state index in [1.54, 1.807) is 45.2 Å². The van der Waals surface area contributed by atoms with Crippen molar-refractivity contribution in [3.05, 3.63) is 59.1 Å². The Labute approximate surface area is 182 Å². The monoisotopic (exact) mass is 452 g/mol. The van der Waals surface area contributed by atoms with Gasteiger partial charge in [0.2, 0.25) is 10.0 Å². The quantitative estimate of drug-likeness (QED) is 0.571. The predicted octanol–water partition coefficient (Wildman–Crippen LogP) is 3.58. The fourth-order valence-corrected chi connectivity index (χ4v) is 4.54. The normalized spacial score (nSPS) is 12.5. The number of carbonyl (C=O) groups excluding carboxylic acids is 2. The van der Waals surface area contributed by atoms with Crippen LogP contribution < -0.4 is 4.90 Å². The molecular weight excluding hydrogens is 428 g/mol. The first kappa shape index (κ1) is 23.9. The van der Waals surface area contributed by atoms with Gasteiger partial charge in [-0.1, -0.05) is 43.6 Å². The number of likely N-dealkylation sites (N-methyl/N-ethyl adjacent to an activating group) is 1. The summed E-state index contributed by atoms with van der Waals surface area (Å²) in [5.41, 5.74) is 0.530. The third-order valence-corrected chi connectivity index (χ3v) is 6.98. The second kappa shape index (κ2) is 10.1. The average Bonchev–Trinajstić information content (AvgIpc) is 2.73. The first-order chi connectivity index (χ1) is 14.1. The molecule has 2 rings (SSSR count). The van der Waals surface area contributed by atoms with Gasteiger partial charge in [-0.15, -0.1) is 0 Å². The lowest BCUT2D eigenvalue weighted by Crippen LogP contribution is -2.37. The highest BCUT2D eigenvalue weighted by molar-refractivity contribution is 7.89. The minimum Gasteiger partial charge on any atom is -0.449 e. The smallest absolute Gasteiger partial charge is 0.340 e. The van der Waals surface area contributed by atoms with Gasteiger partial charge in [-0.3, -0.25) is 4.79 Å². The van der Waals surface area contributed by atoms with Crippen molar-refractivity contribution in [3.63, 3.8) is 0 Å². The molecule has 1 unspecified atom stereocenters. The summed E-state index contributed by atoms with van der Waals surface area (Å²) >= 11 is 6.11. The Morgan fingerprint density at radius 1 is 1.07 bits per heavy atom. The highest BCUT2D eigenvalue weighted by Gasteiger charge is 2.27. The Morgan fingerprint density at radius 2 is 1.67 bits per heavy atom. The van der Waals surface area contributed by atoms with Crippen LogP contribution in [0.15, 0.2) is 53.4 Å². The molecule has 1 amide bonds. The second-order valence-corrected chi connectivity index (χ2v) is 8.86. The zero-order valence-electron chi connectivity index (χ0n) is 17.3. The standard InChI is InChI=1S/C21H25ClN2O5S/c1-5-24(6-2)30(27,28)17-12-13-19(22)18(14-17)21(26)29-15(3)20(25)23(4)16-10-8-7-9-11-16/h7-15H,5-6H2,1-4H3. The number of halogens is 1. The lowest BCUT2D eigenvalue weighted by Gasteiger charge is -2.22. The van der Waals surface area contributed by atoms with Gasteiger partial charge in [-0.2, -0.15) is 4.31 Å². The van der Waals surface area contributed by atoms with Crippen LogP contribution in [-0.4, -0.2) is 50.8 Å². The van der Waals surface area contributed by atoms with Crippen LogP contribution in [0.5, 0.6) is 0 Å². The molecule has 0 aliphatic heterocycles. The van der Waals surface area contributed by atoms with Crippen molar-refractivity contribution in [2.45, 2.75) is 31.8 Å². The van der Waals surface area contributed by atoms with E-state index in [0.717, 1.165) is 0 Å². The molecule has 0 radical (unpaired) electrons. The van der Waals surface area contributed by atoms with Gasteiger partial charge in [0.05, 0.1) is 15.5 Å². The van der Waals surface area contributed by atoms with E-state index < -0.39 is 28.0 Å². The van der Waals surface area contributed by atoms with E-state index in [2.05, 4.69) is 0 Å². The summed E-state index contributed by atoms with van der Waals surface area (Å²) in [5.74, 6) is -1.31. The third-order valence-electron chi connectivity index (χ3n) is 4.61. The zero-order chi connectivity index (χ0) is 22.5. The van der Waals surface area contributed by atoms with Crippen molar-refractivity contribution in [2.24, 2.45) is 0 Å². The van der Waals surface area contributed by atoms with Crippen LogP contribution in [0.25, 0.3) is 0 Å². The zero-order valence-corrected chi connectivity index (χ0v) is 18.9. The molecule has 0 saturated heterocycles. The number of esters is 1. The number of anilines is 1. The van der Waals surface area contributed by atoms with Crippen LogP contribution in [0.1, 0.15) is 31.1 Å². The Kier molecular flexibility index (Phi) is 8.00. The second-order valence-electron chi connectivity index (χ2n) is 6.51. The Morgan fingerprint density at radius 3 is 2.23 bits per heavy atom. The molecule has 0 saturated carbocycles. The molecule has 2 aromatic rings. The molecule has 1 atom stereocenters. The van der Waals surface area contributed by atoms with Crippen molar-refractivity contribution < 1.29 is 22.7 Å². The highest BCUT2D eigenvalue weighted by Crippen LogP contribution is 2.24. The molecule has 0 N–H and O–H groups in total. The van der Waals surface area contributed by atoms with Gasteiger partial charge < -0.3 is 9.64 Å². The van der Waals surface area contributed by atoms with Crippen LogP contribution in [-0.2, 0) is 19.6 Å². The first-order valence-electron chi connectivity index (χ1n) is 9.46. The molecule has 0 aromatic heterocycles. The van der Waals surface area contributed by atoms with Crippen molar-refractivity contribution >= 4 is 39.2 Å². The number of amides is 1. The fourth-order valence-electron chi connectivity index (χ4n) is 2.86. The van der Waals surface area contributed by atoms with Crippen molar-refractivity contribution in [1.29, 1.82) is 0 Å². The van der Waals surface area contributed by atoms with Gasteiger partial charge in [-0.25, -0.2) is 13.2 Å². The van der Waals surface area contributed by atoms with Crippen LogP contribution in [0.4, 0.5) is 5.69 Å². The minimum absolute atomic E-state index is 0.0366. The summed E-state index contributed by atoms with van der Waals surface area (Å²) in [5, 5.41) is 0.0366. The minimum atomic E-state index is -3.78. The highest BCUT2D eigenvalue weighted by atomic mass is 35.5. The van der Waals surface area contributed by atoms with E-state index in [4.69, 9.17) is 16.3 Å². The van der Waals surface area contributed by atoms with Gasteiger partial charge in [0.25, 0.3) is 5.91 Å². The van der Waals surface area contributed by atoms with Crippen LogP contribution in [0, 0.1) is 0 Å². The number of para-hydroxylation sites is 1. The number of benzene rings is 2. The van der Waals surface area contributed by atoms with Gasteiger partial charge in [-0.05, 0) is 37.3 Å². The lowest BCUT2D eigenvalue weighted by molar-refractivity contribution is -0.126. The Hall–Kier alpha value is -2.42. The maximum absolute atomic E-state index is 12.7. The number of ether oxygens (including phenoxy) is 1. The number of rotatable bonds is 8. The van der Waals surface area contributed by atoms with Crippen LogP contribution in [0.3, 0.4) is 0 Å². The molecule has 0 fully saturated rings. The van der Waals surface area contributed by atoms with E-state index in [1.807, 2.05) is 6.07 Å². The average molecular weight is 453 g/mol. The largest absolute Gasteiger partial charge is 0.449 e. The van der Waals surface area contributed by atoms with Crippen molar-refractivity contribution in [3.8, 4) is 0 Å². The Bertz CT molecular complexity index is 1010. The summed E-state index contributed by atoms with van der Waals surface area (Å²) in [7, 11) is -2.20. The van der Waals surface area contributed by atoms with E-state index in [9.17, 15) is 18.0 Å². The van der Waals surface area contributed by atoms with E-state index in [-0.39, 0.29) is 15.5 Å². The molecule has 162 valence electrons. The maximum atomic E-state index is 12.7. The number of carbonyl (C=O) groups is 2. The topological polar surface area (TPSA) is 84.0 Å². The number of hydrogen-bond acceptors (Lipinski definition) is 5. The number of sulfonamides is 1. The summed E-state index contributed by atoms with van der Waals surface area (Å²) < 4.78 is 32.0. The van der Waals surface area contributed by atoms with Gasteiger partial charge >= 0.3 is 5.97 Å². The summed E-state index contributed by atoms with van der Waals surface area (Å²) in [6.45, 7) is 5.48. The maximum Gasteiger partial charge on any atom is 0.340 e. The lowest BCUT2D eigenvalue weighted by atomic mass is 10.2. The SMILES string of the molecule is CCN(CC)S(=O)(=O)c1ccc(Cl)c(C(=O)OC(C)C(=O)N(C)c2ccccc2)c1. The first-order valence-corrected chi connectivity index (χ1v) is 11.3. The number of hydrogen-bond donors (Lipinski definition) is 0. The molecule has 30 heavy (non-hydrogen) atoms.